The highest BCUT2D eigenvalue weighted by Crippen LogP contribution is 2.29. The minimum atomic E-state index is -0.431. The second kappa shape index (κ2) is 9.62. The third-order valence-corrected chi connectivity index (χ3v) is 5.80. The van der Waals surface area contributed by atoms with E-state index in [1.165, 1.54) is 24.2 Å². The Morgan fingerprint density at radius 2 is 1.73 bits per heavy atom. The number of hydrogen-bond acceptors (Lipinski definition) is 7. The van der Waals surface area contributed by atoms with Crippen molar-refractivity contribution in [3.8, 4) is 11.4 Å². The predicted molar refractivity (Wildman–Crippen MR) is 117 cm³/mol. The van der Waals surface area contributed by atoms with Crippen LogP contribution >= 0.6 is 11.8 Å². The molecular formula is C21H23N5O3S. The van der Waals surface area contributed by atoms with Gasteiger partial charge in [-0.2, -0.15) is 0 Å². The van der Waals surface area contributed by atoms with Crippen LogP contribution in [0.2, 0.25) is 0 Å². The monoisotopic (exact) mass is 425 g/mol. The molecule has 2 aromatic carbocycles. The van der Waals surface area contributed by atoms with E-state index in [0.29, 0.717) is 12.4 Å². The zero-order valence-electron chi connectivity index (χ0n) is 16.5. The van der Waals surface area contributed by atoms with E-state index in [1.807, 2.05) is 30.3 Å². The number of ether oxygens (including phenoxy) is 1. The number of para-hydroxylation sites is 3. The van der Waals surface area contributed by atoms with Gasteiger partial charge in [-0.3, -0.25) is 14.7 Å². The summed E-state index contributed by atoms with van der Waals surface area (Å²) in [4.78, 5) is 13.0. The average molecular weight is 426 g/mol. The number of piperidine rings is 1. The molecule has 30 heavy (non-hydrogen) atoms. The molecule has 0 amide bonds. The maximum absolute atomic E-state index is 11.1. The second-order valence-corrected chi connectivity index (χ2v) is 7.99. The molecule has 1 saturated heterocycles. The molecule has 0 radical (unpaired) electrons. The fourth-order valence-corrected chi connectivity index (χ4v) is 4.24. The maximum Gasteiger partial charge on any atom is 0.310 e. The number of anilines is 1. The lowest BCUT2D eigenvalue weighted by Gasteiger charge is -2.27. The summed E-state index contributed by atoms with van der Waals surface area (Å²) < 4.78 is 7.74. The van der Waals surface area contributed by atoms with Crippen molar-refractivity contribution < 1.29 is 9.66 Å². The van der Waals surface area contributed by atoms with Gasteiger partial charge in [-0.1, -0.05) is 42.1 Å². The molecule has 1 aliphatic heterocycles. The van der Waals surface area contributed by atoms with Gasteiger partial charge in [0, 0.05) is 24.9 Å². The Labute approximate surface area is 179 Å². The van der Waals surface area contributed by atoms with Gasteiger partial charge in [0.25, 0.3) is 0 Å². The first-order valence-corrected chi connectivity index (χ1v) is 11.0. The van der Waals surface area contributed by atoms with Crippen molar-refractivity contribution in [2.75, 3.05) is 30.3 Å². The van der Waals surface area contributed by atoms with E-state index in [2.05, 4.69) is 19.7 Å². The number of nitro groups is 1. The zero-order valence-corrected chi connectivity index (χ0v) is 17.3. The van der Waals surface area contributed by atoms with Crippen LogP contribution in [-0.4, -0.2) is 45.1 Å². The largest absolute Gasteiger partial charge is 0.486 e. The highest BCUT2D eigenvalue weighted by Gasteiger charge is 2.21. The molecule has 0 N–H and O–H groups in total. The minimum Gasteiger partial charge on any atom is -0.486 e. The Kier molecular flexibility index (Phi) is 6.48. The molecule has 0 bridgehead atoms. The topological polar surface area (TPSA) is 86.3 Å². The lowest BCUT2D eigenvalue weighted by molar-refractivity contribution is -0.385. The van der Waals surface area contributed by atoms with Crippen LogP contribution in [0, 0.1) is 10.1 Å². The van der Waals surface area contributed by atoms with E-state index >= 15 is 0 Å². The molecule has 1 fully saturated rings. The van der Waals surface area contributed by atoms with Gasteiger partial charge in [0.2, 0.25) is 5.95 Å². The number of rotatable bonds is 8. The Morgan fingerprint density at radius 3 is 2.50 bits per heavy atom. The molecule has 8 nitrogen and oxygen atoms in total. The molecule has 0 unspecified atom stereocenters. The predicted octanol–water partition coefficient (Wildman–Crippen LogP) is 4.34. The summed E-state index contributed by atoms with van der Waals surface area (Å²) in [6.07, 6.45) is 3.57. The van der Waals surface area contributed by atoms with Gasteiger partial charge in [-0.25, -0.2) is 0 Å². The number of thioether (sulfide) groups is 1. The molecule has 4 rings (SSSR count). The summed E-state index contributed by atoms with van der Waals surface area (Å²) in [6.45, 7) is 2.29. The average Bonchev–Trinajstić information content (AvgIpc) is 3.22. The molecule has 0 aliphatic carbocycles. The van der Waals surface area contributed by atoms with Crippen molar-refractivity contribution in [3.63, 3.8) is 0 Å². The van der Waals surface area contributed by atoms with Crippen LogP contribution < -0.4 is 9.64 Å². The van der Waals surface area contributed by atoms with Crippen molar-refractivity contribution in [3.05, 3.63) is 64.7 Å². The molecule has 9 heteroatoms. The lowest BCUT2D eigenvalue weighted by Crippen LogP contribution is -2.31. The fraction of sp³-hybridized carbons (Fsp3) is 0.333. The SMILES string of the molecule is O=[N+]([O-])c1ccccc1OCCSc1nnc(N2CCCCC2)n1-c1ccccc1. The van der Waals surface area contributed by atoms with Crippen LogP contribution in [-0.2, 0) is 0 Å². The van der Waals surface area contributed by atoms with Crippen molar-refractivity contribution in [2.45, 2.75) is 24.4 Å². The van der Waals surface area contributed by atoms with Crippen molar-refractivity contribution >= 4 is 23.4 Å². The van der Waals surface area contributed by atoms with Crippen LogP contribution in [0.25, 0.3) is 5.69 Å². The fourth-order valence-electron chi connectivity index (χ4n) is 3.47. The van der Waals surface area contributed by atoms with Gasteiger partial charge in [0.05, 0.1) is 17.2 Å². The first kappa shape index (κ1) is 20.2. The lowest BCUT2D eigenvalue weighted by atomic mass is 10.1. The Bertz CT molecular complexity index is 989. The van der Waals surface area contributed by atoms with Crippen molar-refractivity contribution in [2.24, 2.45) is 0 Å². The van der Waals surface area contributed by atoms with E-state index < -0.39 is 4.92 Å². The first-order chi connectivity index (χ1) is 14.7. The smallest absolute Gasteiger partial charge is 0.310 e. The molecular weight excluding hydrogens is 402 g/mol. The summed E-state index contributed by atoms with van der Waals surface area (Å²) in [7, 11) is 0. The van der Waals surface area contributed by atoms with Gasteiger partial charge >= 0.3 is 5.69 Å². The maximum atomic E-state index is 11.1. The summed E-state index contributed by atoms with van der Waals surface area (Å²) in [5, 5.41) is 20.8. The normalized spacial score (nSPS) is 13.9. The quantitative estimate of drug-likeness (QED) is 0.230. The molecule has 1 aliphatic rings. The summed E-state index contributed by atoms with van der Waals surface area (Å²) in [5.74, 6) is 1.74. The third-order valence-electron chi connectivity index (χ3n) is 4.90. The summed E-state index contributed by atoms with van der Waals surface area (Å²) in [5.41, 5.74) is 0.993. The minimum absolute atomic E-state index is 0.0256. The van der Waals surface area contributed by atoms with Gasteiger partial charge < -0.3 is 9.64 Å². The number of nitrogens with zero attached hydrogens (tertiary/aromatic N) is 5. The van der Waals surface area contributed by atoms with Gasteiger partial charge in [0.1, 0.15) is 0 Å². The van der Waals surface area contributed by atoms with Crippen LogP contribution in [0.5, 0.6) is 5.75 Å². The standard InChI is InChI=1S/C21H23N5O3S/c27-26(28)18-11-5-6-12-19(18)29-15-16-30-21-23-22-20(24-13-7-2-8-14-24)25(21)17-9-3-1-4-10-17/h1,3-6,9-12H,2,7-8,13-16H2. The Balaban J connectivity index is 1.48. The summed E-state index contributed by atoms with van der Waals surface area (Å²) >= 11 is 1.53. The number of benzene rings is 2. The van der Waals surface area contributed by atoms with E-state index in [9.17, 15) is 10.1 Å². The second-order valence-electron chi connectivity index (χ2n) is 6.92. The van der Waals surface area contributed by atoms with Crippen molar-refractivity contribution in [1.29, 1.82) is 0 Å². The number of hydrogen-bond donors (Lipinski definition) is 0. The molecule has 0 atom stereocenters. The van der Waals surface area contributed by atoms with Crippen molar-refractivity contribution in [1.82, 2.24) is 14.8 Å². The van der Waals surface area contributed by atoms with Gasteiger partial charge in [-0.15, -0.1) is 10.2 Å². The molecule has 3 aromatic rings. The zero-order chi connectivity index (χ0) is 20.8. The van der Waals surface area contributed by atoms with Crippen LogP contribution in [0.3, 0.4) is 0 Å². The van der Waals surface area contributed by atoms with E-state index in [4.69, 9.17) is 4.74 Å². The Morgan fingerprint density at radius 1 is 1.00 bits per heavy atom. The van der Waals surface area contributed by atoms with Gasteiger partial charge in [-0.05, 0) is 37.5 Å². The third kappa shape index (κ3) is 4.56. The molecule has 156 valence electrons. The molecule has 0 saturated carbocycles. The highest BCUT2D eigenvalue weighted by atomic mass is 32.2. The number of aromatic nitrogens is 3. The highest BCUT2D eigenvalue weighted by molar-refractivity contribution is 7.99. The van der Waals surface area contributed by atoms with E-state index in [-0.39, 0.29) is 11.4 Å². The van der Waals surface area contributed by atoms with E-state index in [1.54, 1.807) is 18.2 Å². The van der Waals surface area contributed by atoms with Crippen LogP contribution in [0.1, 0.15) is 19.3 Å². The molecule has 0 spiro atoms. The molecule has 1 aromatic heterocycles. The van der Waals surface area contributed by atoms with E-state index in [0.717, 1.165) is 42.7 Å². The summed E-state index contributed by atoms with van der Waals surface area (Å²) in [6, 6.07) is 16.5. The van der Waals surface area contributed by atoms with Crippen LogP contribution in [0.4, 0.5) is 11.6 Å². The van der Waals surface area contributed by atoms with Gasteiger partial charge in [0.15, 0.2) is 10.9 Å². The number of nitro benzene ring substituents is 1. The van der Waals surface area contributed by atoms with Crippen LogP contribution in [0.15, 0.2) is 59.8 Å². The Hall–Kier alpha value is -3.07. The molecule has 2 heterocycles. The first-order valence-electron chi connectivity index (χ1n) is 9.99.